The molecule has 19 heavy (non-hydrogen) atoms. The largest absolute Gasteiger partial charge is 0.496 e. The molecule has 0 spiro atoms. The Hall–Kier alpha value is -2.87. The van der Waals surface area contributed by atoms with Crippen LogP contribution in [0, 0.1) is 11.3 Å². The third-order valence-corrected chi connectivity index (χ3v) is 2.67. The molecule has 94 valence electrons. The van der Waals surface area contributed by atoms with Crippen LogP contribution in [0.2, 0.25) is 0 Å². The molecule has 2 rings (SSSR count). The van der Waals surface area contributed by atoms with Crippen LogP contribution in [-0.2, 0) is 0 Å². The summed E-state index contributed by atoms with van der Waals surface area (Å²) in [7, 11) is 1.49. The number of ether oxygens (including phenoxy) is 1. The zero-order valence-electron chi connectivity index (χ0n) is 10.1. The zero-order valence-corrected chi connectivity index (χ0v) is 10.1. The Bertz CT molecular complexity index is 675. The lowest BCUT2D eigenvalue weighted by Gasteiger charge is -2.10. The molecule has 0 fully saturated rings. The second kappa shape index (κ2) is 5.19. The molecule has 1 aromatic carbocycles. The Morgan fingerprint density at radius 2 is 2.16 bits per heavy atom. The molecule has 0 saturated heterocycles. The van der Waals surface area contributed by atoms with E-state index in [9.17, 15) is 9.90 Å². The number of rotatable bonds is 3. The number of carboxylic acids is 1. The van der Waals surface area contributed by atoms with Crippen LogP contribution in [0.25, 0.3) is 11.1 Å². The van der Waals surface area contributed by atoms with Gasteiger partial charge in [-0.3, -0.25) is 4.98 Å². The fraction of sp³-hybridized carbons (Fsp3) is 0.0714. The molecule has 0 amide bonds. The summed E-state index contributed by atoms with van der Waals surface area (Å²) in [6.07, 6.45) is 2.77. The Labute approximate surface area is 109 Å². The summed E-state index contributed by atoms with van der Waals surface area (Å²) < 4.78 is 5.21. The van der Waals surface area contributed by atoms with Crippen LogP contribution < -0.4 is 4.74 Å². The van der Waals surface area contributed by atoms with E-state index in [1.807, 2.05) is 6.07 Å². The molecule has 0 bridgehead atoms. The van der Waals surface area contributed by atoms with Gasteiger partial charge in [0, 0.05) is 23.5 Å². The van der Waals surface area contributed by atoms with E-state index in [4.69, 9.17) is 10.00 Å². The van der Waals surface area contributed by atoms with Crippen LogP contribution in [0.3, 0.4) is 0 Å². The number of hydrogen-bond donors (Lipinski definition) is 1. The number of carboxylic acid groups (broad SMARTS) is 1. The summed E-state index contributed by atoms with van der Waals surface area (Å²) in [6.45, 7) is 0. The first-order chi connectivity index (χ1) is 9.17. The lowest BCUT2D eigenvalue weighted by molar-refractivity contribution is 0.0697. The Morgan fingerprint density at radius 3 is 2.79 bits per heavy atom. The highest BCUT2D eigenvalue weighted by Crippen LogP contribution is 2.32. The van der Waals surface area contributed by atoms with Crippen molar-refractivity contribution in [3.8, 4) is 22.9 Å². The number of aromatic nitrogens is 1. The molecule has 0 saturated carbocycles. The number of hydrogen-bond acceptors (Lipinski definition) is 4. The van der Waals surface area contributed by atoms with E-state index in [0.29, 0.717) is 22.4 Å². The summed E-state index contributed by atoms with van der Waals surface area (Å²) in [5.41, 5.74) is 1.53. The van der Waals surface area contributed by atoms with E-state index in [0.717, 1.165) is 0 Å². The maximum Gasteiger partial charge on any atom is 0.337 e. The summed E-state index contributed by atoms with van der Waals surface area (Å²) in [5.74, 6) is -0.569. The molecule has 0 atom stereocenters. The molecule has 0 radical (unpaired) electrons. The van der Waals surface area contributed by atoms with Gasteiger partial charge in [0.1, 0.15) is 5.75 Å². The maximum atomic E-state index is 11.2. The molecule has 0 unspecified atom stereocenters. The van der Waals surface area contributed by atoms with E-state index >= 15 is 0 Å². The number of pyridine rings is 1. The summed E-state index contributed by atoms with van der Waals surface area (Å²) >= 11 is 0. The number of methoxy groups -OCH3 is 1. The van der Waals surface area contributed by atoms with E-state index in [1.165, 1.54) is 19.5 Å². The van der Waals surface area contributed by atoms with Gasteiger partial charge in [0.25, 0.3) is 0 Å². The smallest absolute Gasteiger partial charge is 0.337 e. The van der Waals surface area contributed by atoms with E-state index in [2.05, 4.69) is 4.98 Å². The van der Waals surface area contributed by atoms with Crippen molar-refractivity contribution in [1.29, 1.82) is 5.26 Å². The monoisotopic (exact) mass is 254 g/mol. The van der Waals surface area contributed by atoms with Crippen molar-refractivity contribution in [2.75, 3.05) is 7.11 Å². The Balaban J connectivity index is 2.71. The first kappa shape index (κ1) is 12.6. The lowest BCUT2D eigenvalue weighted by Crippen LogP contribution is -2.01. The molecule has 5 nitrogen and oxygen atoms in total. The highest BCUT2D eigenvalue weighted by Gasteiger charge is 2.15. The molecule has 0 aliphatic rings. The van der Waals surface area contributed by atoms with Crippen LogP contribution in [0.4, 0.5) is 0 Å². The van der Waals surface area contributed by atoms with Gasteiger partial charge in [-0.2, -0.15) is 5.26 Å². The molecular weight excluding hydrogens is 244 g/mol. The van der Waals surface area contributed by atoms with Crippen LogP contribution in [-0.4, -0.2) is 23.2 Å². The predicted octanol–water partition coefficient (Wildman–Crippen LogP) is 2.33. The highest BCUT2D eigenvalue weighted by atomic mass is 16.5. The van der Waals surface area contributed by atoms with Crippen molar-refractivity contribution in [3.05, 3.63) is 47.8 Å². The number of nitriles is 1. The second-order valence-electron chi connectivity index (χ2n) is 3.75. The van der Waals surface area contributed by atoms with Gasteiger partial charge in [-0.25, -0.2) is 4.79 Å². The topological polar surface area (TPSA) is 83.2 Å². The number of nitrogens with zero attached hydrogens (tertiary/aromatic N) is 2. The summed E-state index contributed by atoms with van der Waals surface area (Å²) in [4.78, 5) is 15.0. The van der Waals surface area contributed by atoms with Gasteiger partial charge in [0.2, 0.25) is 0 Å². The van der Waals surface area contributed by atoms with Crippen LogP contribution >= 0.6 is 0 Å². The third kappa shape index (κ3) is 2.38. The average molecular weight is 254 g/mol. The normalized spacial score (nSPS) is 9.68. The molecule has 1 N–H and O–H groups in total. The molecule has 1 aromatic heterocycles. The highest BCUT2D eigenvalue weighted by molar-refractivity contribution is 5.96. The van der Waals surface area contributed by atoms with Gasteiger partial charge in [-0.05, 0) is 24.3 Å². The average Bonchev–Trinajstić information content (AvgIpc) is 2.46. The fourth-order valence-corrected chi connectivity index (χ4v) is 1.79. The standard InChI is InChI=1S/C14H10N2O3/c1-19-13-3-2-9(7-15)6-11(13)10-4-5-16-8-12(10)14(17)18/h2-6,8H,1H3,(H,17,18). The SMILES string of the molecule is COc1ccc(C#N)cc1-c1ccncc1C(=O)O. The molecule has 5 heteroatoms. The molecular formula is C14H10N2O3. The molecule has 1 heterocycles. The minimum atomic E-state index is -1.08. The van der Waals surface area contributed by atoms with E-state index in [-0.39, 0.29) is 5.56 Å². The minimum absolute atomic E-state index is 0.0656. The van der Waals surface area contributed by atoms with E-state index in [1.54, 1.807) is 24.3 Å². The quantitative estimate of drug-likeness (QED) is 0.908. The van der Waals surface area contributed by atoms with Crippen molar-refractivity contribution in [2.24, 2.45) is 0 Å². The van der Waals surface area contributed by atoms with Crippen molar-refractivity contribution >= 4 is 5.97 Å². The summed E-state index contributed by atoms with van der Waals surface area (Å²) in [5, 5.41) is 18.1. The summed E-state index contributed by atoms with van der Waals surface area (Å²) in [6, 6.07) is 8.46. The molecule has 0 aliphatic heterocycles. The first-order valence-electron chi connectivity index (χ1n) is 5.43. The Morgan fingerprint density at radius 1 is 1.37 bits per heavy atom. The lowest BCUT2D eigenvalue weighted by atomic mass is 9.99. The maximum absolute atomic E-state index is 11.2. The van der Waals surface area contributed by atoms with Gasteiger partial charge in [0.15, 0.2) is 0 Å². The van der Waals surface area contributed by atoms with Crippen LogP contribution in [0.5, 0.6) is 5.75 Å². The molecule has 0 aliphatic carbocycles. The van der Waals surface area contributed by atoms with Gasteiger partial charge in [0.05, 0.1) is 24.3 Å². The third-order valence-electron chi connectivity index (χ3n) is 2.67. The van der Waals surface area contributed by atoms with Gasteiger partial charge < -0.3 is 9.84 Å². The van der Waals surface area contributed by atoms with Crippen molar-refractivity contribution in [3.63, 3.8) is 0 Å². The first-order valence-corrected chi connectivity index (χ1v) is 5.43. The van der Waals surface area contributed by atoms with Crippen molar-refractivity contribution < 1.29 is 14.6 Å². The fourth-order valence-electron chi connectivity index (χ4n) is 1.79. The van der Waals surface area contributed by atoms with Crippen LogP contribution in [0.15, 0.2) is 36.7 Å². The number of carbonyl (C=O) groups is 1. The van der Waals surface area contributed by atoms with Crippen molar-refractivity contribution in [2.45, 2.75) is 0 Å². The number of benzene rings is 1. The molecule has 2 aromatic rings. The van der Waals surface area contributed by atoms with Crippen molar-refractivity contribution in [1.82, 2.24) is 4.98 Å². The predicted molar refractivity (Wildman–Crippen MR) is 67.9 cm³/mol. The zero-order chi connectivity index (χ0) is 13.8. The number of aromatic carboxylic acids is 1. The Kier molecular flexibility index (Phi) is 3.44. The van der Waals surface area contributed by atoms with Crippen LogP contribution in [0.1, 0.15) is 15.9 Å². The van der Waals surface area contributed by atoms with Gasteiger partial charge in [-0.15, -0.1) is 0 Å². The second-order valence-corrected chi connectivity index (χ2v) is 3.75. The van der Waals surface area contributed by atoms with E-state index < -0.39 is 5.97 Å². The minimum Gasteiger partial charge on any atom is -0.496 e. The van der Waals surface area contributed by atoms with Gasteiger partial charge in [-0.1, -0.05) is 0 Å². The van der Waals surface area contributed by atoms with Gasteiger partial charge >= 0.3 is 5.97 Å².